The molecule has 2 aromatic rings. The summed E-state index contributed by atoms with van der Waals surface area (Å²) in [7, 11) is 0. The molecule has 154 valence electrons. The smallest absolute Gasteiger partial charge is 0.231 e. The number of quaternary nitrogens is 1. The van der Waals surface area contributed by atoms with Crippen LogP contribution in [0.4, 0.5) is 4.39 Å². The lowest BCUT2D eigenvalue weighted by atomic mass is 9.89. The first-order chi connectivity index (χ1) is 14.2. The summed E-state index contributed by atoms with van der Waals surface area (Å²) in [6, 6.07) is 17.7. The van der Waals surface area contributed by atoms with Gasteiger partial charge in [0, 0.05) is 18.7 Å². The van der Waals surface area contributed by atoms with Crippen molar-refractivity contribution in [2.24, 2.45) is 11.8 Å². The van der Waals surface area contributed by atoms with Gasteiger partial charge in [-0.2, -0.15) is 0 Å². The van der Waals surface area contributed by atoms with Gasteiger partial charge >= 0.3 is 0 Å². The lowest BCUT2D eigenvalue weighted by Crippen LogP contribution is -3.12. The molecule has 1 amide bonds. The zero-order valence-electron chi connectivity index (χ0n) is 17.2. The molecule has 2 aromatic carbocycles. The molecule has 2 atom stereocenters. The number of carbonyl (C=O) groups excluding carboxylic acids is 1. The Bertz CT molecular complexity index is 801. The fourth-order valence-electron chi connectivity index (χ4n) is 5.00. The summed E-state index contributed by atoms with van der Waals surface area (Å²) in [6.45, 7) is 4.30. The molecular weight excluding hydrogens is 363 g/mol. The fourth-order valence-corrected chi connectivity index (χ4v) is 5.00. The van der Waals surface area contributed by atoms with Gasteiger partial charge in [0.1, 0.15) is 12.4 Å². The SMILES string of the molecule is O=C([C@H]1CCC[NH+](Cc2ccccc2F)C1)N1CCC(Cc2ccccc2)CC1. The van der Waals surface area contributed by atoms with Gasteiger partial charge in [-0.25, -0.2) is 4.39 Å². The second-order valence-corrected chi connectivity index (χ2v) is 8.77. The van der Waals surface area contributed by atoms with Crippen molar-refractivity contribution in [3.63, 3.8) is 0 Å². The van der Waals surface area contributed by atoms with Gasteiger partial charge in [-0.3, -0.25) is 4.79 Å². The third-order valence-electron chi connectivity index (χ3n) is 6.66. The van der Waals surface area contributed by atoms with Crippen LogP contribution in [0.1, 0.15) is 36.8 Å². The Kier molecular flexibility index (Phi) is 6.60. The normalized spacial score (nSPS) is 23.1. The summed E-state index contributed by atoms with van der Waals surface area (Å²) in [5.41, 5.74) is 2.16. The Morgan fingerprint density at radius 3 is 2.48 bits per heavy atom. The van der Waals surface area contributed by atoms with Crippen LogP contribution in [0.2, 0.25) is 0 Å². The number of likely N-dealkylation sites (tertiary alicyclic amines) is 2. The van der Waals surface area contributed by atoms with Gasteiger partial charge in [-0.15, -0.1) is 0 Å². The van der Waals surface area contributed by atoms with Crippen molar-refractivity contribution in [1.29, 1.82) is 0 Å². The molecule has 3 nitrogen and oxygen atoms in total. The molecule has 0 radical (unpaired) electrons. The lowest BCUT2D eigenvalue weighted by molar-refractivity contribution is -0.921. The van der Waals surface area contributed by atoms with Gasteiger partial charge in [0.25, 0.3) is 0 Å². The summed E-state index contributed by atoms with van der Waals surface area (Å²) in [6.07, 6.45) is 5.33. The number of hydrogen-bond acceptors (Lipinski definition) is 1. The van der Waals surface area contributed by atoms with Gasteiger partial charge in [0.15, 0.2) is 0 Å². The molecule has 0 aromatic heterocycles. The van der Waals surface area contributed by atoms with Gasteiger partial charge in [-0.1, -0.05) is 48.5 Å². The standard InChI is InChI=1S/C25H31FN2O/c26-24-11-5-4-9-22(24)18-27-14-6-10-23(19-27)25(29)28-15-12-21(13-16-28)17-20-7-2-1-3-8-20/h1-5,7-9,11,21,23H,6,10,12-19H2/p+1/t23-/m0/s1. The van der Waals surface area contributed by atoms with E-state index in [1.54, 1.807) is 6.07 Å². The highest BCUT2D eigenvalue weighted by molar-refractivity contribution is 5.79. The van der Waals surface area contributed by atoms with Gasteiger partial charge < -0.3 is 9.80 Å². The molecule has 2 heterocycles. The molecule has 4 heteroatoms. The van der Waals surface area contributed by atoms with Gasteiger partial charge in [0.2, 0.25) is 5.91 Å². The van der Waals surface area contributed by atoms with E-state index in [4.69, 9.17) is 0 Å². The molecule has 2 aliphatic heterocycles. The highest BCUT2D eigenvalue weighted by atomic mass is 19.1. The zero-order chi connectivity index (χ0) is 20.1. The molecular formula is C25H32FN2O+. The third-order valence-corrected chi connectivity index (χ3v) is 6.66. The molecule has 2 aliphatic rings. The number of piperidine rings is 2. The van der Waals surface area contributed by atoms with Crippen LogP contribution in [0.15, 0.2) is 54.6 Å². The number of nitrogens with one attached hydrogen (secondary N) is 1. The van der Waals surface area contributed by atoms with Crippen molar-refractivity contribution in [2.45, 2.75) is 38.6 Å². The maximum absolute atomic E-state index is 14.0. The van der Waals surface area contributed by atoms with Crippen LogP contribution in [0.5, 0.6) is 0 Å². The predicted molar refractivity (Wildman–Crippen MR) is 113 cm³/mol. The Hall–Kier alpha value is -2.20. The number of carbonyl (C=O) groups is 1. The van der Waals surface area contributed by atoms with E-state index >= 15 is 0 Å². The Labute approximate surface area is 173 Å². The quantitative estimate of drug-likeness (QED) is 0.827. The van der Waals surface area contributed by atoms with Crippen LogP contribution in [-0.4, -0.2) is 37.0 Å². The Morgan fingerprint density at radius 1 is 1.00 bits per heavy atom. The summed E-state index contributed by atoms with van der Waals surface area (Å²) in [5.74, 6) is 0.968. The number of amides is 1. The average molecular weight is 396 g/mol. The van der Waals surface area contributed by atoms with Crippen molar-refractivity contribution in [3.05, 3.63) is 71.5 Å². The van der Waals surface area contributed by atoms with E-state index in [0.29, 0.717) is 18.4 Å². The first kappa shape index (κ1) is 20.1. The summed E-state index contributed by atoms with van der Waals surface area (Å²) >= 11 is 0. The molecule has 0 spiro atoms. The summed E-state index contributed by atoms with van der Waals surface area (Å²) in [4.78, 5) is 16.5. The minimum atomic E-state index is -0.131. The molecule has 1 N–H and O–H groups in total. The maximum atomic E-state index is 14.0. The van der Waals surface area contributed by atoms with E-state index < -0.39 is 0 Å². The van der Waals surface area contributed by atoms with Crippen LogP contribution < -0.4 is 4.90 Å². The van der Waals surface area contributed by atoms with Crippen molar-refractivity contribution in [1.82, 2.24) is 4.90 Å². The molecule has 0 aliphatic carbocycles. The topological polar surface area (TPSA) is 24.8 Å². The molecule has 0 bridgehead atoms. The zero-order valence-corrected chi connectivity index (χ0v) is 17.2. The molecule has 1 unspecified atom stereocenters. The van der Waals surface area contributed by atoms with Crippen LogP contribution in [0.3, 0.4) is 0 Å². The third kappa shape index (κ3) is 5.24. The van der Waals surface area contributed by atoms with Gasteiger partial charge in [0.05, 0.1) is 19.0 Å². The molecule has 29 heavy (non-hydrogen) atoms. The number of halogens is 1. The number of nitrogens with zero attached hydrogens (tertiary/aromatic N) is 1. The van der Waals surface area contributed by atoms with E-state index in [2.05, 4.69) is 35.2 Å². The molecule has 0 saturated carbocycles. The number of hydrogen-bond donors (Lipinski definition) is 1. The minimum absolute atomic E-state index is 0.0937. The van der Waals surface area contributed by atoms with Crippen molar-refractivity contribution >= 4 is 5.91 Å². The highest BCUT2D eigenvalue weighted by Crippen LogP contribution is 2.23. The van der Waals surface area contributed by atoms with Crippen molar-refractivity contribution in [2.75, 3.05) is 26.2 Å². The maximum Gasteiger partial charge on any atom is 0.231 e. The Balaban J connectivity index is 1.27. The monoisotopic (exact) mass is 395 g/mol. The average Bonchev–Trinajstić information content (AvgIpc) is 2.76. The second kappa shape index (κ2) is 9.53. The van der Waals surface area contributed by atoms with Gasteiger partial charge in [-0.05, 0) is 49.7 Å². The van der Waals surface area contributed by atoms with E-state index in [1.807, 2.05) is 12.1 Å². The fraction of sp³-hybridized carbons (Fsp3) is 0.480. The van der Waals surface area contributed by atoms with E-state index in [9.17, 15) is 9.18 Å². The van der Waals surface area contributed by atoms with Crippen molar-refractivity contribution in [3.8, 4) is 0 Å². The summed E-state index contributed by atoms with van der Waals surface area (Å²) < 4.78 is 14.0. The highest BCUT2D eigenvalue weighted by Gasteiger charge is 2.33. The molecule has 2 fully saturated rings. The van der Waals surface area contributed by atoms with E-state index in [1.165, 1.54) is 16.5 Å². The van der Waals surface area contributed by atoms with Crippen molar-refractivity contribution < 1.29 is 14.1 Å². The molecule has 4 rings (SSSR count). The lowest BCUT2D eigenvalue weighted by Gasteiger charge is -2.36. The predicted octanol–water partition coefficient (Wildman–Crippen LogP) is 3.10. The minimum Gasteiger partial charge on any atom is -0.342 e. The summed E-state index contributed by atoms with van der Waals surface area (Å²) in [5, 5.41) is 0. The van der Waals surface area contributed by atoms with Crippen LogP contribution >= 0.6 is 0 Å². The number of rotatable bonds is 5. The first-order valence-electron chi connectivity index (χ1n) is 11.1. The molecule has 2 saturated heterocycles. The van der Waals surface area contributed by atoms with E-state index in [-0.39, 0.29) is 11.7 Å². The second-order valence-electron chi connectivity index (χ2n) is 8.77. The van der Waals surface area contributed by atoms with Crippen LogP contribution in [0, 0.1) is 17.7 Å². The van der Waals surface area contributed by atoms with Crippen LogP contribution in [0.25, 0.3) is 0 Å². The van der Waals surface area contributed by atoms with Crippen LogP contribution in [-0.2, 0) is 17.8 Å². The number of benzene rings is 2. The Morgan fingerprint density at radius 2 is 1.72 bits per heavy atom. The largest absolute Gasteiger partial charge is 0.342 e. The van der Waals surface area contributed by atoms with E-state index in [0.717, 1.165) is 63.8 Å². The first-order valence-corrected chi connectivity index (χ1v) is 11.1.